The number of ketones is 1. The van der Waals surface area contributed by atoms with E-state index in [2.05, 4.69) is 16.8 Å². The first-order valence-corrected chi connectivity index (χ1v) is 13.0. The Labute approximate surface area is 228 Å². The molecule has 1 unspecified atom stereocenters. The van der Waals surface area contributed by atoms with Crippen molar-refractivity contribution < 1.29 is 24.2 Å². The molecule has 1 atom stereocenters. The molecule has 0 saturated carbocycles. The van der Waals surface area contributed by atoms with Crippen molar-refractivity contribution in [3.63, 3.8) is 0 Å². The van der Waals surface area contributed by atoms with E-state index in [0.29, 0.717) is 22.7 Å². The van der Waals surface area contributed by atoms with E-state index in [1.807, 2.05) is 55.5 Å². The third kappa shape index (κ3) is 4.95. The van der Waals surface area contributed by atoms with Gasteiger partial charge in [0.05, 0.1) is 31.4 Å². The molecule has 8 nitrogen and oxygen atoms in total. The van der Waals surface area contributed by atoms with Crippen LogP contribution in [0, 0.1) is 6.92 Å². The minimum atomic E-state index is -0.814. The highest BCUT2D eigenvalue weighted by Gasteiger charge is 2.47. The maximum atomic E-state index is 13.6. The first-order chi connectivity index (χ1) is 18.8. The van der Waals surface area contributed by atoms with Crippen molar-refractivity contribution in [2.24, 2.45) is 0 Å². The molecule has 0 aromatic heterocycles. The lowest BCUT2D eigenvalue weighted by Gasteiger charge is -2.34. The Hall–Kier alpha value is -4.30. The number of piperazine rings is 1. The van der Waals surface area contributed by atoms with Crippen LogP contribution < -0.4 is 19.3 Å². The second kappa shape index (κ2) is 10.8. The van der Waals surface area contributed by atoms with Crippen molar-refractivity contribution in [2.45, 2.75) is 13.0 Å². The van der Waals surface area contributed by atoms with Gasteiger partial charge in [-0.25, -0.2) is 0 Å². The van der Waals surface area contributed by atoms with Crippen LogP contribution >= 0.6 is 0 Å². The minimum Gasteiger partial charge on any atom is -0.507 e. The number of aliphatic hydroxyl groups excluding tert-OH is 1. The van der Waals surface area contributed by atoms with Crippen LogP contribution in [-0.2, 0) is 9.59 Å². The summed E-state index contributed by atoms with van der Waals surface area (Å²) in [5, 5.41) is 11.5. The fourth-order valence-electron chi connectivity index (χ4n) is 5.28. The summed E-state index contributed by atoms with van der Waals surface area (Å²) in [6.45, 7) is 5.77. The van der Waals surface area contributed by atoms with E-state index < -0.39 is 17.7 Å². The predicted octanol–water partition coefficient (Wildman–Crippen LogP) is 4.39. The Morgan fingerprint density at radius 3 is 2.21 bits per heavy atom. The number of likely N-dealkylation sites (N-methyl/N-ethyl adjacent to an activating group) is 1. The number of carbonyl (C=O) groups excluding carboxylic acids is 2. The molecule has 0 spiro atoms. The molecule has 0 aliphatic carbocycles. The lowest BCUT2D eigenvalue weighted by Crippen LogP contribution is -2.44. The number of nitrogens with zero attached hydrogens (tertiary/aromatic N) is 3. The summed E-state index contributed by atoms with van der Waals surface area (Å²) in [7, 11) is 5.13. The third-order valence-corrected chi connectivity index (χ3v) is 7.46. The quantitative estimate of drug-likeness (QED) is 0.289. The van der Waals surface area contributed by atoms with Gasteiger partial charge in [-0.2, -0.15) is 0 Å². The molecule has 202 valence electrons. The largest absolute Gasteiger partial charge is 0.507 e. The van der Waals surface area contributed by atoms with Crippen LogP contribution in [0.25, 0.3) is 5.76 Å². The van der Waals surface area contributed by atoms with Gasteiger partial charge in [-0.3, -0.25) is 14.5 Å². The molecule has 1 N–H and O–H groups in total. The van der Waals surface area contributed by atoms with Gasteiger partial charge in [0.15, 0.2) is 0 Å². The Bertz CT molecular complexity index is 1420. The molecule has 2 fully saturated rings. The summed E-state index contributed by atoms with van der Waals surface area (Å²) in [5.74, 6) is -0.865. The zero-order valence-corrected chi connectivity index (χ0v) is 22.7. The van der Waals surface area contributed by atoms with E-state index in [9.17, 15) is 14.7 Å². The minimum absolute atomic E-state index is 0.0113. The molecule has 5 rings (SSSR count). The summed E-state index contributed by atoms with van der Waals surface area (Å²) in [6, 6.07) is 19.5. The summed E-state index contributed by atoms with van der Waals surface area (Å²) in [5.41, 5.74) is 3.68. The first kappa shape index (κ1) is 26.3. The molecule has 8 heteroatoms. The van der Waals surface area contributed by atoms with E-state index in [0.717, 1.165) is 43.0 Å². The zero-order valence-electron chi connectivity index (χ0n) is 22.7. The summed E-state index contributed by atoms with van der Waals surface area (Å²) in [6.07, 6.45) is 0. The van der Waals surface area contributed by atoms with Crippen molar-refractivity contribution >= 4 is 28.8 Å². The van der Waals surface area contributed by atoms with Crippen LogP contribution in [0.15, 0.2) is 72.3 Å². The molecule has 2 saturated heterocycles. The number of benzene rings is 3. The van der Waals surface area contributed by atoms with E-state index in [4.69, 9.17) is 9.47 Å². The molecule has 3 aromatic carbocycles. The topological polar surface area (TPSA) is 82.5 Å². The van der Waals surface area contributed by atoms with Gasteiger partial charge in [-0.05, 0) is 55.9 Å². The highest BCUT2D eigenvalue weighted by molar-refractivity contribution is 6.51. The van der Waals surface area contributed by atoms with Crippen molar-refractivity contribution in [3.8, 4) is 11.5 Å². The number of methoxy groups -OCH3 is 2. The van der Waals surface area contributed by atoms with E-state index in [1.165, 1.54) is 19.1 Å². The second-order valence-corrected chi connectivity index (χ2v) is 9.96. The molecule has 0 bridgehead atoms. The number of aliphatic hydroxyl groups is 1. The van der Waals surface area contributed by atoms with Gasteiger partial charge in [-0.1, -0.05) is 29.8 Å². The van der Waals surface area contributed by atoms with Gasteiger partial charge >= 0.3 is 0 Å². The normalized spacial score (nSPS) is 19.4. The van der Waals surface area contributed by atoms with E-state index in [1.54, 1.807) is 18.2 Å². The van der Waals surface area contributed by atoms with Crippen LogP contribution in [0.4, 0.5) is 11.4 Å². The van der Waals surface area contributed by atoms with Crippen LogP contribution in [0.2, 0.25) is 0 Å². The number of Topliss-reactive ketones (excluding diaryl/α,β-unsaturated/α-hetero) is 1. The Morgan fingerprint density at radius 1 is 0.872 bits per heavy atom. The fourth-order valence-corrected chi connectivity index (χ4v) is 5.28. The van der Waals surface area contributed by atoms with Gasteiger partial charge in [-0.15, -0.1) is 0 Å². The molecule has 2 aliphatic rings. The van der Waals surface area contributed by atoms with Gasteiger partial charge in [0.2, 0.25) is 0 Å². The third-order valence-electron chi connectivity index (χ3n) is 7.46. The number of rotatable bonds is 6. The summed E-state index contributed by atoms with van der Waals surface area (Å²) >= 11 is 0. The van der Waals surface area contributed by atoms with Gasteiger partial charge in [0.25, 0.3) is 11.7 Å². The van der Waals surface area contributed by atoms with Gasteiger partial charge in [0.1, 0.15) is 17.3 Å². The lowest BCUT2D eigenvalue weighted by atomic mass is 9.94. The monoisotopic (exact) mass is 527 g/mol. The molecule has 2 heterocycles. The van der Waals surface area contributed by atoms with Gasteiger partial charge in [0, 0.05) is 43.6 Å². The molecule has 0 radical (unpaired) electrons. The molecular formula is C31H33N3O5. The van der Waals surface area contributed by atoms with E-state index in [-0.39, 0.29) is 11.3 Å². The maximum absolute atomic E-state index is 13.6. The zero-order chi connectivity index (χ0) is 27.7. The standard InChI is InChI=1S/C31H33N3O5/c1-20-6-5-7-21(18-20)28-27(29(35)25-13-12-24(38-3)19-26(25)39-4)30(36)31(37)34(28)23-10-8-22(9-11-23)33-16-14-32(2)15-17-33/h5-13,18-19,28,35H,14-17H2,1-4H3/b29-27-. The smallest absolute Gasteiger partial charge is 0.300 e. The molecular weight excluding hydrogens is 494 g/mol. The number of ether oxygens (including phenoxy) is 2. The van der Waals surface area contributed by atoms with Crippen molar-refractivity contribution in [1.82, 2.24) is 4.90 Å². The van der Waals surface area contributed by atoms with Crippen LogP contribution in [0.1, 0.15) is 22.7 Å². The van der Waals surface area contributed by atoms with Crippen LogP contribution in [0.5, 0.6) is 11.5 Å². The average Bonchev–Trinajstić information content (AvgIpc) is 3.22. The number of carbonyl (C=O) groups is 2. The number of aryl methyl sites for hydroxylation is 1. The van der Waals surface area contributed by atoms with Crippen LogP contribution in [0.3, 0.4) is 0 Å². The second-order valence-electron chi connectivity index (χ2n) is 9.96. The summed E-state index contributed by atoms with van der Waals surface area (Å²) in [4.78, 5) is 33.2. The molecule has 3 aromatic rings. The predicted molar refractivity (Wildman–Crippen MR) is 152 cm³/mol. The molecule has 39 heavy (non-hydrogen) atoms. The lowest BCUT2D eigenvalue weighted by molar-refractivity contribution is -0.132. The molecule has 1 amide bonds. The highest BCUT2D eigenvalue weighted by Crippen LogP contribution is 2.44. The maximum Gasteiger partial charge on any atom is 0.300 e. The SMILES string of the molecule is COc1ccc(/C(O)=C2/C(=O)C(=O)N(c3ccc(N4CCN(C)CC4)cc3)C2c2cccc(C)c2)c(OC)c1. The van der Waals surface area contributed by atoms with Crippen molar-refractivity contribution in [1.29, 1.82) is 0 Å². The number of amides is 1. The number of hydrogen-bond acceptors (Lipinski definition) is 7. The first-order valence-electron chi connectivity index (χ1n) is 13.0. The Balaban J connectivity index is 1.61. The number of hydrogen-bond donors (Lipinski definition) is 1. The van der Waals surface area contributed by atoms with Crippen molar-refractivity contribution in [3.05, 3.63) is 89.0 Å². The summed E-state index contributed by atoms with van der Waals surface area (Å²) < 4.78 is 10.8. The van der Waals surface area contributed by atoms with Crippen molar-refractivity contribution in [2.75, 3.05) is 57.2 Å². The van der Waals surface area contributed by atoms with Crippen LogP contribution in [-0.4, -0.2) is 69.1 Å². The average molecular weight is 528 g/mol. The Morgan fingerprint density at radius 2 is 1.56 bits per heavy atom. The van der Waals surface area contributed by atoms with Gasteiger partial charge < -0.3 is 24.4 Å². The molecule has 2 aliphatic heterocycles. The van der Waals surface area contributed by atoms with E-state index >= 15 is 0 Å². The number of anilines is 2. The highest BCUT2D eigenvalue weighted by atomic mass is 16.5. The fraction of sp³-hybridized carbons (Fsp3) is 0.290. The Kier molecular flexibility index (Phi) is 7.30.